The number of benzene rings is 1. The first-order valence-corrected chi connectivity index (χ1v) is 5.60. The number of nitrogens with two attached hydrogens (primary N) is 3. The molecule has 0 aliphatic carbocycles. The van der Waals surface area contributed by atoms with Gasteiger partial charge in [0.2, 0.25) is 0 Å². The molecule has 0 aliphatic heterocycles. The van der Waals surface area contributed by atoms with Crippen LogP contribution in [0.5, 0.6) is 0 Å². The molecule has 0 amide bonds. The molecule has 0 aliphatic rings. The maximum atomic E-state index is 13.5. The molecule has 0 spiro atoms. The molecule has 0 saturated carbocycles. The largest absolute Gasteiger partial charge is 0.399 e. The summed E-state index contributed by atoms with van der Waals surface area (Å²) < 4.78 is 27.1. The highest BCUT2D eigenvalue weighted by Crippen LogP contribution is 2.31. The summed E-state index contributed by atoms with van der Waals surface area (Å²) in [5.41, 5.74) is 16.2. The Labute approximate surface area is 105 Å². The number of anilines is 3. The maximum Gasteiger partial charge on any atom is 0.196 e. The Bertz CT molecular complexity index is 562. The van der Waals surface area contributed by atoms with Gasteiger partial charge >= 0.3 is 0 Å². The first-order chi connectivity index (χ1) is 8.45. The fourth-order valence-corrected chi connectivity index (χ4v) is 2.07. The molecular weight excluding hydrogens is 260 g/mol. The normalized spacial score (nSPS) is 10.6. The summed E-state index contributed by atoms with van der Waals surface area (Å²) in [6.45, 7) is 0. The highest BCUT2D eigenvalue weighted by Gasteiger charge is 2.14. The van der Waals surface area contributed by atoms with E-state index >= 15 is 0 Å². The lowest BCUT2D eigenvalue weighted by molar-refractivity contribution is 0.541. The van der Waals surface area contributed by atoms with Gasteiger partial charge < -0.3 is 17.2 Å². The van der Waals surface area contributed by atoms with E-state index in [1.807, 2.05) is 0 Å². The van der Waals surface area contributed by atoms with Gasteiger partial charge in [-0.2, -0.15) is 0 Å². The number of hydrogen-bond acceptors (Lipinski definition) is 6. The van der Waals surface area contributed by atoms with Crippen molar-refractivity contribution in [3.63, 3.8) is 0 Å². The molecule has 1 aromatic heterocycles. The van der Waals surface area contributed by atoms with E-state index in [2.05, 4.69) is 9.97 Å². The lowest BCUT2D eigenvalue weighted by atomic mass is 10.3. The third-order valence-electron chi connectivity index (χ3n) is 1.96. The minimum atomic E-state index is -0.790. The summed E-state index contributed by atoms with van der Waals surface area (Å²) in [7, 11) is 0. The molecule has 0 fully saturated rings. The number of nitrogens with zero attached hydrogens (tertiary/aromatic N) is 2. The van der Waals surface area contributed by atoms with E-state index in [-0.39, 0.29) is 27.4 Å². The minimum Gasteiger partial charge on any atom is -0.399 e. The quantitative estimate of drug-likeness (QED) is 0.565. The van der Waals surface area contributed by atoms with E-state index in [0.717, 1.165) is 12.1 Å². The van der Waals surface area contributed by atoms with Crippen LogP contribution in [0.3, 0.4) is 0 Å². The van der Waals surface area contributed by atoms with Crippen molar-refractivity contribution in [1.29, 1.82) is 0 Å². The maximum absolute atomic E-state index is 13.5. The van der Waals surface area contributed by atoms with Gasteiger partial charge in [0, 0.05) is 11.8 Å². The van der Waals surface area contributed by atoms with Gasteiger partial charge in [-0.05, 0) is 23.9 Å². The van der Waals surface area contributed by atoms with Crippen molar-refractivity contribution in [3.05, 3.63) is 29.8 Å². The molecule has 2 aromatic rings. The van der Waals surface area contributed by atoms with Crippen molar-refractivity contribution < 1.29 is 8.78 Å². The van der Waals surface area contributed by atoms with Crippen molar-refractivity contribution >= 4 is 29.1 Å². The van der Waals surface area contributed by atoms with Gasteiger partial charge in [0.15, 0.2) is 5.16 Å². The van der Waals surface area contributed by atoms with Crippen LogP contribution in [0.25, 0.3) is 0 Å². The molecule has 18 heavy (non-hydrogen) atoms. The van der Waals surface area contributed by atoms with Crippen LogP contribution in [0.2, 0.25) is 0 Å². The second-order valence-electron chi connectivity index (χ2n) is 3.42. The van der Waals surface area contributed by atoms with E-state index in [1.54, 1.807) is 0 Å². The molecule has 5 nitrogen and oxygen atoms in total. The Hall–Kier alpha value is -2.09. The zero-order chi connectivity index (χ0) is 13.3. The molecule has 8 heteroatoms. The second kappa shape index (κ2) is 4.65. The standard InChI is InChI=1S/C10H9F2N5S/c11-5-1-4(13)2-6(12)9(5)18-10-16-7(14)3-8(15)17-10/h1-3H,13H2,(H4,14,15,16,17). The van der Waals surface area contributed by atoms with Crippen LogP contribution >= 0.6 is 11.8 Å². The topological polar surface area (TPSA) is 104 Å². The summed E-state index contributed by atoms with van der Waals surface area (Å²) in [6, 6.07) is 3.38. The molecule has 0 bridgehead atoms. The fraction of sp³-hybridized carbons (Fsp3) is 0. The van der Waals surface area contributed by atoms with Gasteiger partial charge in [-0.3, -0.25) is 0 Å². The summed E-state index contributed by atoms with van der Waals surface area (Å²) in [6.07, 6.45) is 0. The van der Waals surface area contributed by atoms with Crippen LogP contribution in [0.15, 0.2) is 28.3 Å². The average molecular weight is 269 g/mol. The smallest absolute Gasteiger partial charge is 0.196 e. The van der Waals surface area contributed by atoms with Crippen LogP contribution in [0.4, 0.5) is 26.1 Å². The summed E-state index contributed by atoms with van der Waals surface area (Å²) >= 11 is 0.690. The monoisotopic (exact) mass is 269 g/mol. The molecule has 0 atom stereocenters. The predicted molar refractivity (Wildman–Crippen MR) is 65.8 cm³/mol. The Kier molecular flexibility index (Phi) is 3.19. The molecule has 6 N–H and O–H groups in total. The summed E-state index contributed by atoms with van der Waals surface area (Å²) in [5, 5.41) is 0.0649. The van der Waals surface area contributed by atoms with Crippen molar-refractivity contribution in [2.24, 2.45) is 0 Å². The molecule has 1 heterocycles. The van der Waals surface area contributed by atoms with Gasteiger partial charge in [-0.1, -0.05) is 0 Å². The molecule has 94 valence electrons. The number of halogens is 2. The molecule has 0 saturated heterocycles. The van der Waals surface area contributed by atoms with Crippen LogP contribution in [-0.4, -0.2) is 9.97 Å². The molecular formula is C10H9F2N5S. The average Bonchev–Trinajstić information content (AvgIpc) is 2.22. The van der Waals surface area contributed by atoms with Gasteiger partial charge in [0.05, 0.1) is 4.90 Å². The Morgan fingerprint density at radius 2 is 1.39 bits per heavy atom. The number of nitrogen functional groups attached to an aromatic ring is 3. The SMILES string of the molecule is Nc1cc(F)c(Sc2nc(N)cc(N)n2)c(F)c1. The lowest BCUT2D eigenvalue weighted by Crippen LogP contribution is -2.00. The molecule has 0 radical (unpaired) electrons. The van der Waals surface area contributed by atoms with Crippen LogP contribution in [-0.2, 0) is 0 Å². The van der Waals surface area contributed by atoms with Crippen molar-refractivity contribution in [2.75, 3.05) is 17.2 Å². The summed E-state index contributed by atoms with van der Waals surface area (Å²) in [5.74, 6) is -1.33. The fourth-order valence-electron chi connectivity index (χ4n) is 1.28. The minimum absolute atomic E-state index is 0.00218. The van der Waals surface area contributed by atoms with Gasteiger partial charge in [-0.15, -0.1) is 0 Å². The highest BCUT2D eigenvalue weighted by molar-refractivity contribution is 7.99. The molecule has 1 aromatic carbocycles. The zero-order valence-electron chi connectivity index (χ0n) is 9.02. The van der Waals surface area contributed by atoms with Crippen LogP contribution in [0, 0.1) is 11.6 Å². The molecule has 2 rings (SSSR count). The first-order valence-electron chi connectivity index (χ1n) is 4.78. The van der Waals surface area contributed by atoms with Crippen molar-refractivity contribution in [1.82, 2.24) is 9.97 Å². The molecule has 0 unspecified atom stereocenters. The number of hydrogen-bond donors (Lipinski definition) is 3. The van der Waals surface area contributed by atoms with Gasteiger partial charge in [0.1, 0.15) is 23.3 Å². The van der Waals surface area contributed by atoms with Crippen molar-refractivity contribution in [3.8, 4) is 0 Å². The number of rotatable bonds is 2. The second-order valence-corrected chi connectivity index (χ2v) is 4.39. The van der Waals surface area contributed by atoms with E-state index in [0.29, 0.717) is 11.8 Å². The van der Waals surface area contributed by atoms with E-state index in [4.69, 9.17) is 17.2 Å². The summed E-state index contributed by atoms with van der Waals surface area (Å²) in [4.78, 5) is 7.38. The van der Waals surface area contributed by atoms with Crippen molar-refractivity contribution in [2.45, 2.75) is 10.1 Å². The first kappa shape index (κ1) is 12.4. The Morgan fingerprint density at radius 1 is 0.889 bits per heavy atom. The van der Waals surface area contributed by atoms with Crippen LogP contribution < -0.4 is 17.2 Å². The predicted octanol–water partition coefficient (Wildman–Crippen LogP) is 1.65. The van der Waals surface area contributed by atoms with Gasteiger partial charge in [0.25, 0.3) is 0 Å². The highest BCUT2D eigenvalue weighted by atomic mass is 32.2. The number of aromatic nitrogens is 2. The van der Waals surface area contributed by atoms with E-state index < -0.39 is 11.6 Å². The zero-order valence-corrected chi connectivity index (χ0v) is 9.84. The Balaban J connectivity index is 2.40. The van der Waals surface area contributed by atoms with Crippen LogP contribution in [0.1, 0.15) is 0 Å². The third-order valence-corrected chi connectivity index (χ3v) is 2.92. The lowest BCUT2D eigenvalue weighted by Gasteiger charge is -2.06. The van der Waals surface area contributed by atoms with Gasteiger partial charge in [-0.25, -0.2) is 18.7 Å². The third kappa shape index (κ3) is 2.59. The van der Waals surface area contributed by atoms with E-state index in [9.17, 15) is 8.78 Å². The van der Waals surface area contributed by atoms with E-state index in [1.165, 1.54) is 6.07 Å². The Morgan fingerprint density at radius 3 is 1.89 bits per heavy atom.